The minimum absolute atomic E-state index is 0.303. The second-order valence-electron chi connectivity index (χ2n) is 6.03. The van der Waals surface area contributed by atoms with Crippen molar-refractivity contribution < 1.29 is 0 Å². The van der Waals surface area contributed by atoms with Crippen LogP contribution in [-0.2, 0) is 0 Å². The Bertz CT molecular complexity index is 766. The monoisotopic (exact) mass is 391 g/mol. The lowest BCUT2D eigenvalue weighted by Gasteiger charge is -2.14. The molecule has 1 atom stereocenters. The molecule has 0 saturated carbocycles. The fraction of sp³-hybridized carbons (Fsp3) is 0.130. The van der Waals surface area contributed by atoms with Crippen molar-refractivity contribution in [1.82, 2.24) is 5.32 Å². The number of nitrogens with one attached hydrogen (secondary N) is 1. The molecule has 0 aliphatic rings. The minimum atomic E-state index is 0.303. The van der Waals surface area contributed by atoms with E-state index in [0.717, 1.165) is 11.0 Å². The summed E-state index contributed by atoms with van der Waals surface area (Å²) in [6.07, 6.45) is 2.28. The molecule has 0 radical (unpaired) electrons. The lowest BCUT2D eigenvalue weighted by molar-refractivity contribution is 0.617. The van der Waals surface area contributed by atoms with Crippen molar-refractivity contribution >= 4 is 21.5 Å². The van der Waals surface area contributed by atoms with Gasteiger partial charge in [0.1, 0.15) is 0 Å². The second kappa shape index (κ2) is 8.80. The van der Waals surface area contributed by atoms with Gasteiger partial charge in [-0.25, -0.2) is 0 Å². The Morgan fingerprint density at radius 3 is 1.88 bits per heavy atom. The third kappa shape index (κ3) is 4.91. The number of rotatable bonds is 6. The molecule has 0 aliphatic carbocycles. The van der Waals surface area contributed by atoms with E-state index in [1.807, 2.05) is 0 Å². The number of benzene rings is 3. The summed E-state index contributed by atoms with van der Waals surface area (Å²) in [6, 6.07) is 29.9. The summed E-state index contributed by atoms with van der Waals surface area (Å²) in [6.45, 7) is 3.01. The van der Waals surface area contributed by atoms with Crippen molar-refractivity contribution in [2.75, 3.05) is 6.54 Å². The number of hydrogen-bond acceptors (Lipinski definition) is 1. The maximum atomic E-state index is 3.60. The zero-order valence-electron chi connectivity index (χ0n) is 14.3. The summed E-state index contributed by atoms with van der Waals surface area (Å²) in [5.74, 6) is 0. The van der Waals surface area contributed by atoms with Crippen LogP contribution >= 0.6 is 15.9 Å². The van der Waals surface area contributed by atoms with Crippen molar-refractivity contribution in [2.45, 2.75) is 13.0 Å². The zero-order chi connectivity index (χ0) is 17.5. The van der Waals surface area contributed by atoms with E-state index in [4.69, 9.17) is 0 Å². The van der Waals surface area contributed by atoms with Gasteiger partial charge in [0.05, 0.1) is 0 Å². The van der Waals surface area contributed by atoms with E-state index in [0.29, 0.717) is 6.04 Å². The molecule has 1 nitrogen and oxygen atoms in total. The molecular weight excluding hydrogens is 370 g/mol. The summed E-state index contributed by atoms with van der Waals surface area (Å²) in [5, 5.41) is 3.60. The average molecular weight is 392 g/mol. The van der Waals surface area contributed by atoms with Crippen LogP contribution in [0, 0.1) is 0 Å². The van der Waals surface area contributed by atoms with Gasteiger partial charge in [-0.15, -0.1) is 0 Å². The molecule has 3 aromatic carbocycles. The topological polar surface area (TPSA) is 12.0 Å². The molecule has 0 bridgehead atoms. The summed E-state index contributed by atoms with van der Waals surface area (Å²) < 4.78 is 1.11. The third-order valence-electron chi connectivity index (χ3n) is 4.27. The van der Waals surface area contributed by atoms with Gasteiger partial charge >= 0.3 is 0 Å². The highest BCUT2D eigenvalue weighted by atomic mass is 79.9. The normalized spacial score (nSPS) is 11.8. The Labute approximate surface area is 158 Å². The van der Waals surface area contributed by atoms with Gasteiger partial charge in [-0.3, -0.25) is 0 Å². The SMILES string of the molecule is CC(NCC=C(c1ccccc1)c1ccccc1)c1ccc(Br)cc1. The molecule has 3 rings (SSSR count). The van der Waals surface area contributed by atoms with E-state index in [9.17, 15) is 0 Å². The molecule has 0 saturated heterocycles. The van der Waals surface area contributed by atoms with E-state index in [1.54, 1.807) is 0 Å². The van der Waals surface area contributed by atoms with Gasteiger partial charge < -0.3 is 5.32 Å². The van der Waals surface area contributed by atoms with Crippen molar-refractivity contribution in [1.29, 1.82) is 0 Å². The van der Waals surface area contributed by atoms with Crippen molar-refractivity contribution in [3.8, 4) is 0 Å². The highest BCUT2D eigenvalue weighted by Gasteiger charge is 2.06. The molecule has 0 amide bonds. The largest absolute Gasteiger partial charge is 0.307 e. The van der Waals surface area contributed by atoms with E-state index < -0.39 is 0 Å². The fourth-order valence-corrected chi connectivity index (χ4v) is 3.11. The summed E-state index contributed by atoms with van der Waals surface area (Å²) in [5.41, 5.74) is 5.04. The first-order chi connectivity index (χ1) is 12.2. The van der Waals surface area contributed by atoms with Gasteiger partial charge in [0.25, 0.3) is 0 Å². The van der Waals surface area contributed by atoms with Gasteiger partial charge in [0.15, 0.2) is 0 Å². The average Bonchev–Trinajstić information content (AvgIpc) is 2.67. The first kappa shape index (κ1) is 17.7. The quantitative estimate of drug-likeness (QED) is 0.524. The predicted octanol–water partition coefficient (Wildman–Crippen LogP) is 6.23. The first-order valence-electron chi connectivity index (χ1n) is 8.54. The van der Waals surface area contributed by atoms with E-state index >= 15 is 0 Å². The molecule has 3 aromatic rings. The van der Waals surface area contributed by atoms with Gasteiger partial charge in [0.2, 0.25) is 0 Å². The van der Waals surface area contributed by atoms with E-state index in [1.165, 1.54) is 22.3 Å². The second-order valence-corrected chi connectivity index (χ2v) is 6.95. The van der Waals surface area contributed by atoms with Crippen molar-refractivity contribution in [2.24, 2.45) is 0 Å². The van der Waals surface area contributed by atoms with Crippen molar-refractivity contribution in [3.63, 3.8) is 0 Å². The predicted molar refractivity (Wildman–Crippen MR) is 111 cm³/mol. The van der Waals surface area contributed by atoms with Crippen molar-refractivity contribution in [3.05, 3.63) is 112 Å². The highest BCUT2D eigenvalue weighted by Crippen LogP contribution is 2.23. The maximum absolute atomic E-state index is 3.60. The van der Waals surface area contributed by atoms with Gasteiger partial charge in [-0.05, 0) is 41.3 Å². The molecule has 2 heteroatoms. The van der Waals surface area contributed by atoms with Gasteiger partial charge in [-0.1, -0.05) is 94.8 Å². The minimum Gasteiger partial charge on any atom is -0.307 e. The fourth-order valence-electron chi connectivity index (χ4n) is 2.84. The summed E-state index contributed by atoms with van der Waals surface area (Å²) in [7, 11) is 0. The van der Waals surface area contributed by atoms with Crippen LogP contribution in [0.15, 0.2) is 95.5 Å². The lowest BCUT2D eigenvalue weighted by atomic mass is 9.97. The molecular formula is C23H22BrN. The molecule has 25 heavy (non-hydrogen) atoms. The maximum Gasteiger partial charge on any atom is 0.0294 e. The van der Waals surface area contributed by atoms with Gasteiger partial charge in [0, 0.05) is 17.1 Å². The molecule has 0 heterocycles. The third-order valence-corrected chi connectivity index (χ3v) is 4.80. The molecule has 0 fully saturated rings. The Kier molecular flexibility index (Phi) is 6.21. The summed E-state index contributed by atoms with van der Waals surface area (Å²) in [4.78, 5) is 0. The number of halogens is 1. The van der Waals surface area contributed by atoms with Crippen LogP contribution in [0.25, 0.3) is 5.57 Å². The van der Waals surface area contributed by atoms with Crippen LogP contribution in [0.1, 0.15) is 29.7 Å². The lowest BCUT2D eigenvalue weighted by Crippen LogP contribution is -2.18. The van der Waals surface area contributed by atoms with E-state index in [2.05, 4.69) is 119 Å². The molecule has 0 aliphatic heterocycles. The molecule has 1 unspecified atom stereocenters. The van der Waals surface area contributed by atoms with Crippen LogP contribution in [0.4, 0.5) is 0 Å². The van der Waals surface area contributed by atoms with Crippen LogP contribution in [0.5, 0.6) is 0 Å². The zero-order valence-corrected chi connectivity index (χ0v) is 15.9. The highest BCUT2D eigenvalue weighted by molar-refractivity contribution is 9.10. The molecule has 0 spiro atoms. The van der Waals surface area contributed by atoms with Crippen LogP contribution in [-0.4, -0.2) is 6.54 Å². The molecule has 0 aromatic heterocycles. The Morgan fingerprint density at radius 2 is 1.36 bits per heavy atom. The van der Waals surface area contributed by atoms with Crippen LogP contribution in [0.2, 0.25) is 0 Å². The van der Waals surface area contributed by atoms with Crippen LogP contribution < -0.4 is 5.32 Å². The smallest absolute Gasteiger partial charge is 0.0294 e. The molecule has 126 valence electrons. The molecule has 1 N–H and O–H groups in total. The Morgan fingerprint density at radius 1 is 0.840 bits per heavy atom. The van der Waals surface area contributed by atoms with E-state index in [-0.39, 0.29) is 0 Å². The Balaban J connectivity index is 1.76. The first-order valence-corrected chi connectivity index (χ1v) is 9.33. The summed E-state index contributed by atoms with van der Waals surface area (Å²) >= 11 is 3.49. The number of hydrogen-bond donors (Lipinski definition) is 1. The van der Waals surface area contributed by atoms with Crippen LogP contribution in [0.3, 0.4) is 0 Å². The van der Waals surface area contributed by atoms with Gasteiger partial charge in [-0.2, -0.15) is 0 Å². The Hall–Kier alpha value is -2.16. The standard InChI is InChI=1S/C23H22BrN/c1-18(19-12-14-22(24)15-13-19)25-17-16-23(20-8-4-2-5-9-20)21-10-6-3-7-11-21/h2-16,18,25H,17H2,1H3.